The van der Waals surface area contributed by atoms with Gasteiger partial charge in [-0.05, 0) is 29.8 Å². The van der Waals surface area contributed by atoms with Crippen molar-refractivity contribution in [1.82, 2.24) is 15.3 Å². The third-order valence-electron chi connectivity index (χ3n) is 5.00. The van der Waals surface area contributed by atoms with Crippen molar-refractivity contribution in [2.45, 2.75) is 0 Å². The minimum absolute atomic E-state index is 0.294. The van der Waals surface area contributed by atoms with Crippen LogP contribution in [0.1, 0.15) is 0 Å². The molecule has 1 fully saturated rings. The number of anilines is 2. The fourth-order valence-corrected chi connectivity index (χ4v) is 3.35. The van der Waals surface area contributed by atoms with Gasteiger partial charge in [0.15, 0.2) is 0 Å². The number of pyridine rings is 1. The highest BCUT2D eigenvalue weighted by molar-refractivity contribution is 5.82. The number of benzene rings is 1. The number of hydrogen-bond acceptors (Lipinski definition) is 6. The molecule has 0 spiro atoms. The molecule has 168 valence electrons. The van der Waals surface area contributed by atoms with E-state index in [0.717, 1.165) is 54.8 Å². The van der Waals surface area contributed by atoms with Gasteiger partial charge in [0.25, 0.3) is 0 Å². The number of rotatable bonds is 9. The Morgan fingerprint density at radius 1 is 1.22 bits per heavy atom. The van der Waals surface area contributed by atoms with E-state index < -0.39 is 0 Å². The second-order valence-corrected chi connectivity index (χ2v) is 7.17. The van der Waals surface area contributed by atoms with Gasteiger partial charge in [-0.25, -0.2) is 9.98 Å². The average molecular weight is 434 g/mol. The molecule has 8 nitrogen and oxygen atoms in total. The second kappa shape index (κ2) is 11.6. The summed E-state index contributed by atoms with van der Waals surface area (Å²) in [7, 11) is 1.87. The van der Waals surface area contributed by atoms with Crippen molar-refractivity contribution in [3.8, 4) is 0 Å². The third kappa shape index (κ3) is 6.36. The Kier molecular flexibility index (Phi) is 8.28. The molecule has 3 rings (SSSR count). The number of allylic oxidation sites excluding steroid dienone is 1. The molecule has 0 aliphatic carbocycles. The predicted octanol–water partition coefficient (Wildman–Crippen LogP) is 3.04. The van der Waals surface area contributed by atoms with Crippen LogP contribution in [0, 0.1) is 0 Å². The third-order valence-corrected chi connectivity index (χ3v) is 5.00. The Hall–Kier alpha value is -3.78. The van der Waals surface area contributed by atoms with E-state index in [-0.39, 0.29) is 0 Å². The van der Waals surface area contributed by atoms with Crippen molar-refractivity contribution < 1.29 is 4.74 Å². The lowest BCUT2D eigenvalue weighted by Gasteiger charge is -2.31. The van der Waals surface area contributed by atoms with Gasteiger partial charge >= 0.3 is 0 Å². The van der Waals surface area contributed by atoms with Crippen molar-refractivity contribution in [1.29, 1.82) is 0 Å². The molecular formula is C24H31N7O. The number of hydrogen-bond donors (Lipinski definition) is 3. The van der Waals surface area contributed by atoms with Gasteiger partial charge in [0.05, 0.1) is 24.6 Å². The Bertz CT molecular complexity index is 965. The van der Waals surface area contributed by atoms with Crippen LogP contribution in [0.15, 0.2) is 90.2 Å². The Morgan fingerprint density at radius 2 is 1.97 bits per heavy atom. The molecule has 2 heterocycles. The highest BCUT2D eigenvalue weighted by atomic mass is 16.5. The molecular weight excluding hydrogens is 402 g/mol. The quantitative estimate of drug-likeness (QED) is 0.242. The van der Waals surface area contributed by atoms with E-state index in [2.05, 4.69) is 38.8 Å². The highest BCUT2D eigenvalue weighted by Crippen LogP contribution is 2.18. The summed E-state index contributed by atoms with van der Waals surface area (Å²) < 4.78 is 5.46. The second-order valence-electron chi connectivity index (χ2n) is 7.17. The molecule has 0 bridgehead atoms. The van der Waals surface area contributed by atoms with Crippen LogP contribution in [-0.2, 0) is 4.74 Å². The lowest BCUT2D eigenvalue weighted by Crippen LogP contribution is -2.43. The van der Waals surface area contributed by atoms with Gasteiger partial charge in [-0.3, -0.25) is 10.4 Å². The maximum Gasteiger partial charge on any atom is 0.213 e. The fourth-order valence-electron chi connectivity index (χ4n) is 3.35. The van der Waals surface area contributed by atoms with E-state index in [9.17, 15) is 0 Å². The molecule has 1 aromatic heterocycles. The molecule has 1 aliphatic rings. The Labute approximate surface area is 189 Å². The van der Waals surface area contributed by atoms with Gasteiger partial charge in [-0.15, -0.1) is 0 Å². The summed E-state index contributed by atoms with van der Waals surface area (Å²) in [5.41, 5.74) is 12.9. The summed E-state index contributed by atoms with van der Waals surface area (Å²) in [5, 5.41) is 5.17. The summed E-state index contributed by atoms with van der Waals surface area (Å²) >= 11 is 0. The van der Waals surface area contributed by atoms with Crippen molar-refractivity contribution in [3.05, 3.63) is 85.2 Å². The summed E-state index contributed by atoms with van der Waals surface area (Å²) in [5.74, 6) is 1.03. The number of nitrogens with one attached hydrogen (secondary N) is 2. The number of ether oxygens (including phenoxy) is 1. The molecule has 1 saturated heterocycles. The maximum atomic E-state index is 6.04. The Morgan fingerprint density at radius 3 is 2.66 bits per heavy atom. The number of hydrazine groups is 1. The topological polar surface area (TPSA) is 91.0 Å². The van der Waals surface area contributed by atoms with Crippen LogP contribution in [-0.4, -0.2) is 55.7 Å². The van der Waals surface area contributed by atoms with Crippen LogP contribution in [0.2, 0.25) is 0 Å². The van der Waals surface area contributed by atoms with Gasteiger partial charge in [0, 0.05) is 44.6 Å². The molecule has 0 amide bonds. The number of aliphatic imine (C=N–C) groups is 1. The SMILES string of the molecule is C=C/C(CNc1cc(N(C)NC(N)=Nc2ccccc2)ccn1)=C(\C=C)N1CCOCC1. The largest absolute Gasteiger partial charge is 0.378 e. The monoisotopic (exact) mass is 433 g/mol. The predicted molar refractivity (Wildman–Crippen MR) is 132 cm³/mol. The van der Waals surface area contributed by atoms with Crippen LogP contribution in [0.5, 0.6) is 0 Å². The zero-order valence-corrected chi connectivity index (χ0v) is 18.5. The molecule has 0 atom stereocenters. The van der Waals surface area contributed by atoms with E-state index in [1.54, 1.807) is 11.2 Å². The van der Waals surface area contributed by atoms with Crippen molar-refractivity contribution in [3.63, 3.8) is 0 Å². The van der Waals surface area contributed by atoms with Crippen LogP contribution >= 0.6 is 0 Å². The summed E-state index contributed by atoms with van der Waals surface area (Å²) in [6.07, 6.45) is 5.48. The number of morpholine rings is 1. The first kappa shape index (κ1) is 22.9. The minimum atomic E-state index is 0.294. The number of nitrogens with two attached hydrogens (primary N) is 1. The average Bonchev–Trinajstić information content (AvgIpc) is 2.83. The number of aromatic nitrogens is 1. The van der Waals surface area contributed by atoms with Gasteiger partial charge in [-0.2, -0.15) is 0 Å². The standard InChI is InChI=1S/C24H31N7O/c1-4-19(22(5-2)31-13-15-32-16-14-31)18-27-23-17-21(11-12-26-23)30(3)29-24(25)28-20-9-7-6-8-10-20/h4-12,17H,1-2,13-16,18H2,3H3,(H,26,27)(H3,25,28,29)/b22-19-. The molecule has 1 aliphatic heterocycles. The lowest BCUT2D eigenvalue weighted by atomic mass is 10.1. The van der Waals surface area contributed by atoms with Crippen molar-refractivity contribution >= 4 is 23.2 Å². The molecule has 0 unspecified atom stereocenters. The molecule has 2 aromatic rings. The normalized spacial score (nSPS) is 14.9. The number of nitrogens with zero attached hydrogens (tertiary/aromatic N) is 4. The maximum absolute atomic E-state index is 6.04. The lowest BCUT2D eigenvalue weighted by molar-refractivity contribution is 0.0550. The van der Waals surface area contributed by atoms with Crippen LogP contribution in [0.3, 0.4) is 0 Å². The van der Waals surface area contributed by atoms with Crippen molar-refractivity contribution in [2.24, 2.45) is 10.7 Å². The van der Waals surface area contributed by atoms with Gasteiger partial charge in [0.2, 0.25) is 5.96 Å². The van der Waals surface area contributed by atoms with Crippen LogP contribution in [0.4, 0.5) is 17.2 Å². The highest BCUT2D eigenvalue weighted by Gasteiger charge is 2.14. The summed E-state index contributed by atoms with van der Waals surface area (Å²) in [6.45, 7) is 11.7. The molecule has 4 N–H and O–H groups in total. The van der Waals surface area contributed by atoms with E-state index in [1.807, 2.05) is 61.7 Å². The first-order valence-corrected chi connectivity index (χ1v) is 10.5. The smallest absolute Gasteiger partial charge is 0.213 e. The molecule has 0 saturated carbocycles. The van der Waals surface area contributed by atoms with E-state index in [4.69, 9.17) is 10.5 Å². The first-order chi connectivity index (χ1) is 15.6. The van der Waals surface area contributed by atoms with Gasteiger partial charge in [-0.1, -0.05) is 37.4 Å². The Balaban J connectivity index is 1.66. The zero-order valence-electron chi connectivity index (χ0n) is 18.5. The number of guanidine groups is 1. The molecule has 0 radical (unpaired) electrons. The minimum Gasteiger partial charge on any atom is -0.378 e. The molecule has 32 heavy (non-hydrogen) atoms. The van der Waals surface area contributed by atoms with Crippen LogP contribution < -0.4 is 21.5 Å². The molecule has 8 heteroatoms. The fraction of sp³-hybridized carbons (Fsp3) is 0.250. The van der Waals surface area contributed by atoms with Gasteiger partial charge in [0.1, 0.15) is 5.82 Å². The summed E-state index contributed by atoms with van der Waals surface area (Å²) in [4.78, 5) is 11.1. The molecule has 1 aromatic carbocycles. The number of para-hydroxylation sites is 1. The van der Waals surface area contributed by atoms with Crippen molar-refractivity contribution in [2.75, 3.05) is 50.2 Å². The van der Waals surface area contributed by atoms with Crippen LogP contribution in [0.25, 0.3) is 0 Å². The van der Waals surface area contributed by atoms with E-state index in [0.29, 0.717) is 12.5 Å². The van der Waals surface area contributed by atoms with E-state index in [1.165, 1.54) is 0 Å². The summed E-state index contributed by atoms with van der Waals surface area (Å²) in [6, 6.07) is 13.4. The first-order valence-electron chi connectivity index (χ1n) is 10.5. The zero-order chi connectivity index (χ0) is 22.8. The van der Waals surface area contributed by atoms with E-state index >= 15 is 0 Å². The van der Waals surface area contributed by atoms with Gasteiger partial charge < -0.3 is 20.7 Å².